The average molecular weight is 560 g/mol. The molecule has 0 bridgehead atoms. The number of aliphatic imine (C=N–C) groups is 1. The van der Waals surface area contributed by atoms with Crippen molar-refractivity contribution < 1.29 is 19.0 Å². The Balaban J connectivity index is 1.97. The molecule has 2 aromatic carbocycles. The summed E-state index contributed by atoms with van der Waals surface area (Å²) in [6.07, 6.45) is 2.59. The first-order valence-corrected chi connectivity index (χ1v) is 11.3. The second-order valence-corrected chi connectivity index (χ2v) is 8.57. The fourth-order valence-corrected chi connectivity index (χ4v) is 3.92. The summed E-state index contributed by atoms with van der Waals surface area (Å²) in [7, 11) is 0. The Morgan fingerprint density at radius 2 is 2.00 bits per heavy atom. The number of nitrogens with zero attached hydrogens (tertiary/aromatic N) is 1. The van der Waals surface area contributed by atoms with Crippen molar-refractivity contribution in [2.75, 3.05) is 6.61 Å². The lowest BCUT2D eigenvalue weighted by Crippen LogP contribution is -2.12. The topological polar surface area (TPSA) is 57.1 Å². The summed E-state index contributed by atoms with van der Waals surface area (Å²) in [6, 6.07) is 8.63. The number of carbonyl (C=O) groups excluding carboxylic acids is 1. The van der Waals surface area contributed by atoms with Gasteiger partial charge in [-0.25, -0.2) is 9.79 Å². The van der Waals surface area contributed by atoms with Crippen LogP contribution in [0.3, 0.4) is 0 Å². The molecule has 0 saturated heterocycles. The Bertz CT molecular complexity index is 1040. The van der Waals surface area contributed by atoms with Crippen molar-refractivity contribution in [3.8, 4) is 11.5 Å². The summed E-state index contributed by atoms with van der Waals surface area (Å²) >= 11 is 14.3. The normalized spacial score (nSPS) is 15.7. The van der Waals surface area contributed by atoms with E-state index in [4.69, 9.17) is 37.4 Å². The molecule has 0 amide bonds. The van der Waals surface area contributed by atoms with Gasteiger partial charge in [-0.05, 0) is 84.8 Å². The second-order valence-electron chi connectivity index (χ2n) is 6.56. The van der Waals surface area contributed by atoms with Crippen molar-refractivity contribution in [2.45, 2.75) is 33.3 Å². The standard InChI is InChI=1S/C22H20Cl2INO4/c1-4-12(3)29-20-17(25)8-13(10-19(20)28-5-2)9-18-22(27)30-21(26-18)15-7-6-14(23)11-16(15)24/h6-12H,4-5H2,1-3H3/b18-9-. The maximum Gasteiger partial charge on any atom is 0.363 e. The minimum atomic E-state index is -0.552. The number of hydrogen-bond donors (Lipinski definition) is 0. The minimum absolute atomic E-state index is 0.0584. The van der Waals surface area contributed by atoms with E-state index >= 15 is 0 Å². The van der Waals surface area contributed by atoms with Gasteiger partial charge in [-0.3, -0.25) is 0 Å². The molecule has 30 heavy (non-hydrogen) atoms. The van der Waals surface area contributed by atoms with Gasteiger partial charge in [-0.1, -0.05) is 30.1 Å². The van der Waals surface area contributed by atoms with Crippen LogP contribution in [-0.4, -0.2) is 24.6 Å². The number of ether oxygens (including phenoxy) is 3. The van der Waals surface area contributed by atoms with Gasteiger partial charge < -0.3 is 14.2 Å². The zero-order chi connectivity index (χ0) is 21.8. The van der Waals surface area contributed by atoms with Gasteiger partial charge in [0.2, 0.25) is 5.90 Å². The van der Waals surface area contributed by atoms with Gasteiger partial charge in [-0.2, -0.15) is 0 Å². The third kappa shape index (κ3) is 5.28. The van der Waals surface area contributed by atoms with Crippen LogP contribution in [-0.2, 0) is 9.53 Å². The summed E-state index contributed by atoms with van der Waals surface area (Å²) in [5.41, 5.74) is 1.42. The highest BCUT2D eigenvalue weighted by Crippen LogP contribution is 2.36. The third-order valence-electron chi connectivity index (χ3n) is 4.31. The molecule has 0 aromatic heterocycles. The Morgan fingerprint density at radius 3 is 2.67 bits per heavy atom. The quantitative estimate of drug-likeness (QED) is 0.220. The van der Waals surface area contributed by atoms with E-state index in [1.165, 1.54) is 0 Å². The lowest BCUT2D eigenvalue weighted by atomic mass is 10.1. The van der Waals surface area contributed by atoms with Gasteiger partial charge in [-0.15, -0.1) is 0 Å². The highest BCUT2D eigenvalue weighted by atomic mass is 127. The van der Waals surface area contributed by atoms with Crippen LogP contribution in [0.1, 0.15) is 38.3 Å². The Labute approximate surface area is 199 Å². The minimum Gasteiger partial charge on any atom is -0.490 e. The zero-order valence-corrected chi connectivity index (χ0v) is 20.3. The van der Waals surface area contributed by atoms with Crippen LogP contribution in [0.15, 0.2) is 41.0 Å². The van der Waals surface area contributed by atoms with Crippen molar-refractivity contribution in [1.29, 1.82) is 0 Å². The predicted octanol–water partition coefficient (Wildman–Crippen LogP) is 6.52. The molecule has 0 spiro atoms. The number of carbonyl (C=O) groups is 1. The molecule has 8 heteroatoms. The van der Waals surface area contributed by atoms with Crippen LogP contribution < -0.4 is 9.47 Å². The van der Waals surface area contributed by atoms with Gasteiger partial charge in [0.25, 0.3) is 0 Å². The molecule has 1 unspecified atom stereocenters. The smallest absolute Gasteiger partial charge is 0.363 e. The average Bonchev–Trinajstić information content (AvgIpc) is 3.04. The fraction of sp³-hybridized carbons (Fsp3) is 0.273. The first-order chi connectivity index (χ1) is 14.3. The van der Waals surface area contributed by atoms with E-state index in [-0.39, 0.29) is 17.7 Å². The number of benzene rings is 2. The molecule has 1 atom stereocenters. The van der Waals surface area contributed by atoms with Crippen molar-refractivity contribution >= 4 is 63.7 Å². The van der Waals surface area contributed by atoms with Gasteiger partial charge in [0.1, 0.15) is 0 Å². The maximum atomic E-state index is 12.4. The molecule has 1 heterocycles. The number of halogens is 3. The summed E-state index contributed by atoms with van der Waals surface area (Å²) < 4.78 is 18.0. The second kappa shape index (κ2) is 10.0. The van der Waals surface area contributed by atoms with Crippen LogP contribution in [0.25, 0.3) is 6.08 Å². The highest BCUT2D eigenvalue weighted by Gasteiger charge is 2.26. The summed E-state index contributed by atoms with van der Waals surface area (Å²) in [5.74, 6) is 0.904. The molecule has 1 aliphatic heterocycles. The summed E-state index contributed by atoms with van der Waals surface area (Å²) in [4.78, 5) is 16.7. The highest BCUT2D eigenvalue weighted by molar-refractivity contribution is 14.1. The monoisotopic (exact) mass is 559 g/mol. The van der Waals surface area contributed by atoms with E-state index < -0.39 is 5.97 Å². The first kappa shape index (κ1) is 22.9. The van der Waals surface area contributed by atoms with E-state index in [1.807, 2.05) is 26.0 Å². The molecule has 0 radical (unpaired) electrons. The molecule has 0 N–H and O–H groups in total. The number of esters is 1. The molecule has 0 aliphatic carbocycles. The van der Waals surface area contributed by atoms with Gasteiger partial charge >= 0.3 is 5.97 Å². The maximum absolute atomic E-state index is 12.4. The van der Waals surface area contributed by atoms with E-state index in [2.05, 4.69) is 34.5 Å². The zero-order valence-electron chi connectivity index (χ0n) is 16.7. The Morgan fingerprint density at radius 1 is 1.23 bits per heavy atom. The molecule has 0 saturated carbocycles. The Kier molecular flexibility index (Phi) is 7.65. The molecule has 3 rings (SSSR count). The van der Waals surface area contributed by atoms with Crippen LogP contribution in [0, 0.1) is 3.57 Å². The van der Waals surface area contributed by atoms with E-state index in [9.17, 15) is 4.79 Å². The van der Waals surface area contributed by atoms with E-state index in [0.29, 0.717) is 33.7 Å². The molecule has 1 aliphatic rings. The van der Waals surface area contributed by atoms with Crippen molar-refractivity contribution in [3.05, 3.63) is 60.8 Å². The van der Waals surface area contributed by atoms with Crippen molar-refractivity contribution in [1.82, 2.24) is 0 Å². The number of rotatable bonds is 7. The van der Waals surface area contributed by atoms with Crippen molar-refractivity contribution in [2.24, 2.45) is 4.99 Å². The SMILES string of the molecule is CCOc1cc(/C=C2\N=C(c3ccc(Cl)cc3Cl)OC2=O)cc(I)c1OC(C)CC. The van der Waals surface area contributed by atoms with Crippen LogP contribution in [0.4, 0.5) is 0 Å². The largest absolute Gasteiger partial charge is 0.490 e. The van der Waals surface area contributed by atoms with E-state index in [0.717, 1.165) is 15.6 Å². The lowest BCUT2D eigenvalue weighted by molar-refractivity contribution is -0.129. The molecule has 0 fully saturated rings. The first-order valence-electron chi connectivity index (χ1n) is 9.43. The number of cyclic esters (lactones) is 1. The predicted molar refractivity (Wildman–Crippen MR) is 128 cm³/mol. The third-order valence-corrected chi connectivity index (χ3v) is 5.66. The van der Waals surface area contributed by atoms with Gasteiger partial charge in [0.05, 0.1) is 26.9 Å². The molecular weight excluding hydrogens is 540 g/mol. The fourth-order valence-electron chi connectivity index (χ4n) is 2.68. The van der Waals surface area contributed by atoms with Crippen molar-refractivity contribution in [3.63, 3.8) is 0 Å². The van der Waals surface area contributed by atoms with E-state index in [1.54, 1.807) is 24.3 Å². The van der Waals surface area contributed by atoms with Gasteiger partial charge in [0, 0.05) is 5.02 Å². The molecule has 158 valence electrons. The Hall–Kier alpha value is -1.77. The van der Waals surface area contributed by atoms with Crippen LogP contribution in [0.2, 0.25) is 10.0 Å². The summed E-state index contributed by atoms with van der Waals surface area (Å²) in [6.45, 7) is 6.47. The molecular formula is C22H20Cl2INO4. The van der Waals surface area contributed by atoms with Crippen LogP contribution in [0.5, 0.6) is 11.5 Å². The molecule has 5 nitrogen and oxygen atoms in total. The van der Waals surface area contributed by atoms with Gasteiger partial charge in [0.15, 0.2) is 17.2 Å². The lowest BCUT2D eigenvalue weighted by Gasteiger charge is -2.18. The summed E-state index contributed by atoms with van der Waals surface area (Å²) in [5, 5.41) is 0.845. The number of hydrogen-bond acceptors (Lipinski definition) is 5. The van der Waals surface area contributed by atoms with Crippen LogP contribution >= 0.6 is 45.8 Å². The molecule has 2 aromatic rings.